The number of benzene rings is 1. The van der Waals surface area contributed by atoms with E-state index in [1.807, 2.05) is 0 Å². The van der Waals surface area contributed by atoms with E-state index in [0.717, 1.165) is 0 Å². The highest BCUT2D eigenvalue weighted by Crippen LogP contribution is 2.40. The van der Waals surface area contributed by atoms with E-state index in [9.17, 15) is 28.2 Å². The van der Waals surface area contributed by atoms with Crippen molar-refractivity contribution in [3.05, 3.63) is 23.3 Å². The summed E-state index contributed by atoms with van der Waals surface area (Å²) in [7, 11) is 0. The van der Waals surface area contributed by atoms with Gasteiger partial charge in [0.2, 0.25) is 0 Å². The van der Waals surface area contributed by atoms with Gasteiger partial charge in [-0.1, -0.05) is 6.92 Å². The predicted octanol–water partition coefficient (Wildman–Crippen LogP) is 2.38. The fraction of sp³-hybridized carbons (Fsp3) is 0.364. The third-order valence-corrected chi connectivity index (χ3v) is 2.50. The van der Waals surface area contributed by atoms with Crippen LogP contribution in [0.25, 0.3) is 0 Å². The van der Waals surface area contributed by atoms with Crippen molar-refractivity contribution in [1.82, 2.24) is 0 Å². The first-order chi connectivity index (χ1) is 8.14. The van der Waals surface area contributed by atoms with Crippen molar-refractivity contribution in [2.45, 2.75) is 19.5 Å². The van der Waals surface area contributed by atoms with Crippen LogP contribution in [0, 0.1) is 5.92 Å². The smallest absolute Gasteiger partial charge is 0.416 e. The van der Waals surface area contributed by atoms with Gasteiger partial charge in [0.15, 0.2) is 11.5 Å². The van der Waals surface area contributed by atoms with Crippen LogP contribution < -0.4 is 0 Å². The number of phenolic OH excluding ortho intramolecular Hbond substituents is 2. The maximum Gasteiger partial charge on any atom is 0.416 e. The Morgan fingerprint density at radius 3 is 2.33 bits per heavy atom. The molecule has 1 atom stereocenters. The van der Waals surface area contributed by atoms with Gasteiger partial charge in [-0.25, -0.2) is 0 Å². The van der Waals surface area contributed by atoms with Crippen LogP contribution in [0.4, 0.5) is 13.2 Å². The van der Waals surface area contributed by atoms with Crippen molar-refractivity contribution < 1.29 is 33.3 Å². The highest BCUT2D eigenvalue weighted by Gasteiger charge is 2.36. The molecular weight excluding hydrogens is 253 g/mol. The van der Waals surface area contributed by atoms with Crippen LogP contribution >= 0.6 is 0 Å². The average Bonchev–Trinajstić information content (AvgIpc) is 2.22. The van der Waals surface area contributed by atoms with Crippen molar-refractivity contribution in [1.29, 1.82) is 0 Å². The van der Waals surface area contributed by atoms with Crippen LogP contribution in [0.3, 0.4) is 0 Å². The molecule has 0 aliphatic rings. The van der Waals surface area contributed by atoms with Crippen molar-refractivity contribution in [3.8, 4) is 11.5 Å². The molecule has 0 saturated heterocycles. The second kappa shape index (κ2) is 4.75. The number of rotatable bonds is 3. The zero-order valence-corrected chi connectivity index (χ0v) is 9.32. The van der Waals surface area contributed by atoms with Gasteiger partial charge in [0.25, 0.3) is 0 Å². The van der Waals surface area contributed by atoms with Gasteiger partial charge in [0.05, 0.1) is 11.5 Å². The summed E-state index contributed by atoms with van der Waals surface area (Å²) in [4.78, 5) is 10.6. The zero-order chi connectivity index (χ0) is 14.1. The highest BCUT2D eigenvalue weighted by atomic mass is 19.4. The van der Waals surface area contributed by atoms with E-state index in [2.05, 4.69) is 0 Å². The average molecular weight is 264 g/mol. The van der Waals surface area contributed by atoms with Gasteiger partial charge in [-0.3, -0.25) is 4.79 Å². The van der Waals surface area contributed by atoms with E-state index in [1.54, 1.807) is 0 Å². The predicted molar refractivity (Wildman–Crippen MR) is 55.3 cm³/mol. The molecule has 1 aromatic carbocycles. The number of halogens is 3. The molecule has 0 bridgehead atoms. The van der Waals surface area contributed by atoms with Gasteiger partial charge >= 0.3 is 12.1 Å². The lowest BCUT2D eigenvalue weighted by Gasteiger charge is -2.16. The van der Waals surface area contributed by atoms with E-state index in [4.69, 9.17) is 5.11 Å². The summed E-state index contributed by atoms with van der Waals surface area (Å²) in [6, 6.07) is 1.33. The summed E-state index contributed by atoms with van der Waals surface area (Å²) in [5, 5.41) is 27.3. The molecule has 100 valence electrons. The molecule has 0 aromatic heterocycles. The summed E-state index contributed by atoms with van der Waals surface area (Å²) in [6.45, 7) is 1.21. The molecule has 4 nitrogen and oxygen atoms in total. The van der Waals surface area contributed by atoms with Crippen molar-refractivity contribution in [3.63, 3.8) is 0 Å². The number of carboxylic acids is 1. The molecule has 0 aliphatic heterocycles. The van der Waals surface area contributed by atoms with Crippen molar-refractivity contribution in [2.75, 3.05) is 0 Å². The third kappa shape index (κ3) is 2.85. The molecule has 1 aromatic rings. The molecular formula is C11H11F3O4. The maximum atomic E-state index is 12.7. The van der Waals surface area contributed by atoms with Crippen LogP contribution in [0.5, 0.6) is 11.5 Å². The SMILES string of the molecule is CC(Cc1c(C(F)(F)F)ccc(O)c1O)C(=O)O. The first kappa shape index (κ1) is 14.1. The summed E-state index contributed by atoms with van der Waals surface area (Å²) in [5.74, 6) is -4.04. The van der Waals surface area contributed by atoms with Crippen LogP contribution in [0.1, 0.15) is 18.1 Å². The molecule has 7 heteroatoms. The van der Waals surface area contributed by atoms with Crippen molar-refractivity contribution >= 4 is 5.97 Å². The third-order valence-electron chi connectivity index (χ3n) is 2.50. The summed E-state index contributed by atoms with van der Waals surface area (Å²) < 4.78 is 38.0. The quantitative estimate of drug-likeness (QED) is 0.732. The summed E-state index contributed by atoms with van der Waals surface area (Å²) >= 11 is 0. The molecule has 1 unspecified atom stereocenters. The van der Waals surface area contributed by atoms with Crippen LogP contribution in [-0.2, 0) is 17.4 Å². The largest absolute Gasteiger partial charge is 0.504 e. The normalized spacial score (nSPS) is 13.3. The molecule has 0 spiro atoms. The second-order valence-corrected chi connectivity index (χ2v) is 3.90. The molecule has 0 amide bonds. The van der Waals surface area contributed by atoms with Gasteiger partial charge in [-0.2, -0.15) is 13.2 Å². The molecule has 0 radical (unpaired) electrons. The minimum Gasteiger partial charge on any atom is -0.504 e. The molecule has 0 aliphatic carbocycles. The Morgan fingerprint density at radius 2 is 1.89 bits per heavy atom. The topological polar surface area (TPSA) is 77.8 Å². The Hall–Kier alpha value is -1.92. The lowest BCUT2D eigenvalue weighted by Crippen LogP contribution is -2.16. The van der Waals surface area contributed by atoms with Gasteiger partial charge in [-0.15, -0.1) is 0 Å². The zero-order valence-electron chi connectivity index (χ0n) is 9.32. The van der Waals surface area contributed by atoms with E-state index in [1.165, 1.54) is 6.92 Å². The van der Waals surface area contributed by atoms with E-state index in [0.29, 0.717) is 12.1 Å². The number of carboxylic acid groups (broad SMARTS) is 1. The number of hydrogen-bond donors (Lipinski definition) is 3. The fourth-order valence-electron chi connectivity index (χ4n) is 1.49. The Labute approximate surface area is 100 Å². The molecule has 18 heavy (non-hydrogen) atoms. The summed E-state index contributed by atoms with van der Waals surface area (Å²) in [5.41, 5.74) is -1.76. The van der Waals surface area contributed by atoms with Gasteiger partial charge < -0.3 is 15.3 Å². The van der Waals surface area contributed by atoms with Crippen LogP contribution in [-0.4, -0.2) is 21.3 Å². The number of phenols is 2. The number of aliphatic carboxylic acids is 1. The van der Waals surface area contributed by atoms with Gasteiger partial charge in [-0.05, 0) is 18.6 Å². The Kier molecular flexibility index (Phi) is 3.73. The molecule has 3 N–H and O–H groups in total. The van der Waals surface area contributed by atoms with Crippen LogP contribution in [0.2, 0.25) is 0 Å². The molecule has 0 heterocycles. The molecule has 0 fully saturated rings. The number of hydrogen-bond acceptors (Lipinski definition) is 3. The minimum absolute atomic E-state index is 0.523. The van der Waals surface area contributed by atoms with Gasteiger partial charge in [0.1, 0.15) is 0 Å². The fourth-order valence-corrected chi connectivity index (χ4v) is 1.49. The standard InChI is InChI=1S/C11H11F3O4/c1-5(10(17)18)4-6-7(11(12,13)14)2-3-8(15)9(6)16/h2-3,5,15-16H,4H2,1H3,(H,17,18). The second-order valence-electron chi connectivity index (χ2n) is 3.90. The van der Waals surface area contributed by atoms with Gasteiger partial charge in [0, 0.05) is 5.56 Å². The van der Waals surface area contributed by atoms with E-state index in [-0.39, 0.29) is 0 Å². The maximum absolute atomic E-state index is 12.7. The lowest BCUT2D eigenvalue weighted by atomic mass is 9.95. The monoisotopic (exact) mass is 264 g/mol. The summed E-state index contributed by atoms with van der Waals surface area (Å²) in [6.07, 6.45) is -5.25. The number of carbonyl (C=O) groups is 1. The van der Waals surface area contributed by atoms with Crippen LogP contribution in [0.15, 0.2) is 12.1 Å². The highest BCUT2D eigenvalue weighted by molar-refractivity contribution is 5.70. The number of aromatic hydroxyl groups is 2. The Bertz CT molecular complexity index is 468. The Balaban J connectivity index is 3.30. The molecule has 1 rings (SSSR count). The minimum atomic E-state index is -4.72. The lowest BCUT2D eigenvalue weighted by molar-refractivity contribution is -0.142. The first-order valence-electron chi connectivity index (χ1n) is 4.98. The first-order valence-corrected chi connectivity index (χ1v) is 4.98. The van der Waals surface area contributed by atoms with Crippen molar-refractivity contribution in [2.24, 2.45) is 5.92 Å². The number of alkyl halides is 3. The van der Waals surface area contributed by atoms with E-state index < -0.39 is 47.1 Å². The Morgan fingerprint density at radius 1 is 1.33 bits per heavy atom. The van der Waals surface area contributed by atoms with E-state index >= 15 is 0 Å². The molecule has 0 saturated carbocycles.